The van der Waals surface area contributed by atoms with Gasteiger partial charge in [0.2, 0.25) is 0 Å². The van der Waals surface area contributed by atoms with Crippen molar-refractivity contribution in [1.82, 2.24) is 15.8 Å². The van der Waals surface area contributed by atoms with E-state index >= 15 is 0 Å². The van der Waals surface area contributed by atoms with Crippen LogP contribution in [0.1, 0.15) is 41.5 Å². The molecule has 1 aromatic heterocycles. The third-order valence-electron chi connectivity index (χ3n) is 5.77. The highest BCUT2D eigenvalue weighted by Crippen LogP contribution is 2.31. The first kappa shape index (κ1) is 19.7. The van der Waals surface area contributed by atoms with Crippen LogP contribution < -0.4 is 15.4 Å². The van der Waals surface area contributed by atoms with Gasteiger partial charge in [-0.15, -0.1) is 0 Å². The molecule has 2 atom stereocenters. The van der Waals surface area contributed by atoms with Gasteiger partial charge in [-0.1, -0.05) is 41.6 Å². The maximum Gasteiger partial charge on any atom is 0.141 e. The molecular formula is C24H29N3O2. The zero-order valence-electron chi connectivity index (χ0n) is 17.4. The molecule has 1 saturated heterocycles. The normalized spacial score (nSPS) is 19.3. The number of ether oxygens (including phenoxy) is 1. The van der Waals surface area contributed by atoms with Gasteiger partial charge in [0.05, 0.1) is 12.8 Å². The van der Waals surface area contributed by atoms with Crippen LogP contribution in [0.5, 0.6) is 5.75 Å². The summed E-state index contributed by atoms with van der Waals surface area (Å²) in [7, 11) is 1.73. The molecule has 2 aromatic carbocycles. The van der Waals surface area contributed by atoms with Gasteiger partial charge in [0.1, 0.15) is 11.5 Å². The molecule has 0 unspecified atom stereocenters. The highest BCUT2D eigenvalue weighted by atomic mass is 16.5. The van der Waals surface area contributed by atoms with Crippen LogP contribution in [0.25, 0.3) is 11.1 Å². The van der Waals surface area contributed by atoms with Crippen LogP contribution in [-0.2, 0) is 6.54 Å². The minimum atomic E-state index is 0.321. The van der Waals surface area contributed by atoms with Crippen LogP contribution in [0.15, 0.2) is 53.1 Å². The first-order valence-electron chi connectivity index (χ1n) is 10.3. The summed E-state index contributed by atoms with van der Waals surface area (Å²) < 4.78 is 11.0. The van der Waals surface area contributed by atoms with Gasteiger partial charge in [-0.05, 0) is 56.5 Å². The van der Waals surface area contributed by atoms with E-state index in [1.807, 2.05) is 19.9 Å². The van der Waals surface area contributed by atoms with Gasteiger partial charge in [-0.2, -0.15) is 0 Å². The van der Waals surface area contributed by atoms with Crippen molar-refractivity contribution >= 4 is 0 Å². The number of hydrogen-bond acceptors (Lipinski definition) is 5. The van der Waals surface area contributed by atoms with E-state index in [9.17, 15) is 0 Å². The lowest BCUT2D eigenvalue weighted by Crippen LogP contribution is -2.45. The molecule has 5 heteroatoms. The summed E-state index contributed by atoms with van der Waals surface area (Å²) in [6.07, 6.45) is 2.33. The first-order valence-corrected chi connectivity index (χ1v) is 10.3. The van der Waals surface area contributed by atoms with Gasteiger partial charge < -0.3 is 19.9 Å². The molecule has 1 fully saturated rings. The van der Waals surface area contributed by atoms with Gasteiger partial charge in [0.25, 0.3) is 0 Å². The Kier molecular flexibility index (Phi) is 5.97. The van der Waals surface area contributed by atoms with Crippen LogP contribution >= 0.6 is 0 Å². The average Bonchev–Trinajstić information content (AvgIpc) is 3.11. The second-order valence-electron chi connectivity index (χ2n) is 7.70. The van der Waals surface area contributed by atoms with Crippen molar-refractivity contribution in [3.05, 3.63) is 71.1 Å². The molecule has 0 spiro atoms. The van der Waals surface area contributed by atoms with E-state index in [2.05, 4.69) is 58.3 Å². The minimum Gasteiger partial charge on any atom is -0.496 e. The Morgan fingerprint density at radius 2 is 2.00 bits per heavy atom. The summed E-state index contributed by atoms with van der Waals surface area (Å²) >= 11 is 0. The molecule has 3 aromatic rings. The van der Waals surface area contributed by atoms with E-state index in [0.717, 1.165) is 53.4 Å². The van der Waals surface area contributed by atoms with E-state index in [4.69, 9.17) is 9.26 Å². The summed E-state index contributed by atoms with van der Waals surface area (Å²) in [6, 6.07) is 17.7. The van der Waals surface area contributed by atoms with E-state index in [1.165, 1.54) is 12.0 Å². The molecule has 0 bridgehead atoms. The Balaban J connectivity index is 1.56. The number of piperidine rings is 1. The molecular weight excluding hydrogens is 362 g/mol. The van der Waals surface area contributed by atoms with Gasteiger partial charge in [0, 0.05) is 29.8 Å². The lowest BCUT2D eigenvalue weighted by Gasteiger charge is -2.34. The van der Waals surface area contributed by atoms with Crippen LogP contribution in [0.4, 0.5) is 0 Å². The SMILES string of the molecule is COc1ccc(-c2c(C)noc2C)cc1CN[C@H]1CCCN[C@H]1c1ccccc1. The van der Waals surface area contributed by atoms with Crippen molar-refractivity contribution < 1.29 is 9.26 Å². The predicted molar refractivity (Wildman–Crippen MR) is 115 cm³/mol. The van der Waals surface area contributed by atoms with E-state index in [1.54, 1.807) is 7.11 Å². The predicted octanol–water partition coefficient (Wildman–Crippen LogP) is 4.55. The van der Waals surface area contributed by atoms with Crippen LogP contribution in [0.2, 0.25) is 0 Å². The third-order valence-corrected chi connectivity index (χ3v) is 5.77. The Morgan fingerprint density at radius 1 is 1.17 bits per heavy atom. The fourth-order valence-electron chi connectivity index (χ4n) is 4.33. The van der Waals surface area contributed by atoms with E-state index < -0.39 is 0 Å². The van der Waals surface area contributed by atoms with Gasteiger partial charge in [-0.3, -0.25) is 0 Å². The van der Waals surface area contributed by atoms with Crippen molar-refractivity contribution in [2.24, 2.45) is 0 Å². The van der Waals surface area contributed by atoms with Gasteiger partial charge >= 0.3 is 0 Å². The van der Waals surface area contributed by atoms with Gasteiger partial charge in [-0.25, -0.2) is 0 Å². The summed E-state index contributed by atoms with van der Waals surface area (Å²) in [5, 5.41) is 11.6. The maximum atomic E-state index is 5.63. The molecule has 4 rings (SSSR count). The second-order valence-corrected chi connectivity index (χ2v) is 7.70. The Bertz CT molecular complexity index is 933. The number of nitrogens with one attached hydrogen (secondary N) is 2. The van der Waals surface area contributed by atoms with Gasteiger partial charge in [0.15, 0.2) is 0 Å². The number of rotatable bonds is 6. The van der Waals surface area contributed by atoms with Crippen molar-refractivity contribution in [3.63, 3.8) is 0 Å². The number of benzene rings is 2. The molecule has 29 heavy (non-hydrogen) atoms. The molecule has 0 radical (unpaired) electrons. The standard InChI is InChI=1S/C24H29N3O2/c1-16-23(17(2)29-27-16)19-11-12-22(28-3)20(14-19)15-26-21-10-7-13-25-24(21)18-8-5-4-6-9-18/h4-6,8-9,11-12,14,21,24-26H,7,10,13,15H2,1-3H3/t21-,24-/m0/s1. The Labute approximate surface area is 172 Å². The third kappa shape index (κ3) is 4.21. The monoisotopic (exact) mass is 391 g/mol. The number of aromatic nitrogens is 1. The minimum absolute atomic E-state index is 0.321. The number of hydrogen-bond donors (Lipinski definition) is 2. The number of aryl methyl sites for hydroxylation is 2. The molecule has 0 saturated carbocycles. The topological polar surface area (TPSA) is 59.3 Å². The van der Waals surface area contributed by atoms with Crippen molar-refractivity contribution in [1.29, 1.82) is 0 Å². The van der Waals surface area contributed by atoms with Crippen molar-refractivity contribution in [2.75, 3.05) is 13.7 Å². The Morgan fingerprint density at radius 3 is 2.72 bits per heavy atom. The fourth-order valence-corrected chi connectivity index (χ4v) is 4.33. The average molecular weight is 392 g/mol. The van der Waals surface area contributed by atoms with Crippen LogP contribution in [-0.4, -0.2) is 24.9 Å². The highest BCUT2D eigenvalue weighted by molar-refractivity contribution is 5.69. The Hall–Kier alpha value is -2.63. The zero-order chi connectivity index (χ0) is 20.2. The lowest BCUT2D eigenvalue weighted by atomic mass is 9.92. The summed E-state index contributed by atoms with van der Waals surface area (Å²) in [4.78, 5) is 0. The maximum absolute atomic E-state index is 5.63. The smallest absolute Gasteiger partial charge is 0.141 e. The van der Waals surface area contributed by atoms with E-state index in [0.29, 0.717) is 12.1 Å². The van der Waals surface area contributed by atoms with Crippen LogP contribution in [0, 0.1) is 13.8 Å². The van der Waals surface area contributed by atoms with E-state index in [-0.39, 0.29) is 0 Å². The molecule has 152 valence electrons. The molecule has 5 nitrogen and oxygen atoms in total. The largest absolute Gasteiger partial charge is 0.496 e. The molecule has 2 heterocycles. The zero-order valence-corrected chi connectivity index (χ0v) is 17.4. The molecule has 0 amide bonds. The number of nitrogens with zero attached hydrogens (tertiary/aromatic N) is 1. The number of methoxy groups -OCH3 is 1. The molecule has 1 aliphatic rings. The highest BCUT2D eigenvalue weighted by Gasteiger charge is 2.26. The van der Waals surface area contributed by atoms with Crippen molar-refractivity contribution in [2.45, 2.75) is 45.3 Å². The summed E-state index contributed by atoms with van der Waals surface area (Å²) in [6.45, 7) is 5.74. The second kappa shape index (κ2) is 8.80. The summed E-state index contributed by atoms with van der Waals surface area (Å²) in [5.41, 5.74) is 5.56. The van der Waals surface area contributed by atoms with Crippen LogP contribution in [0.3, 0.4) is 0 Å². The molecule has 1 aliphatic heterocycles. The summed E-state index contributed by atoms with van der Waals surface area (Å²) in [5.74, 6) is 1.74. The quantitative estimate of drug-likeness (QED) is 0.646. The molecule has 2 N–H and O–H groups in total. The molecule has 0 aliphatic carbocycles. The van der Waals surface area contributed by atoms with Crippen molar-refractivity contribution in [3.8, 4) is 16.9 Å². The fraction of sp³-hybridized carbons (Fsp3) is 0.375. The lowest BCUT2D eigenvalue weighted by molar-refractivity contribution is 0.303. The first-order chi connectivity index (χ1) is 14.2.